The summed E-state index contributed by atoms with van der Waals surface area (Å²) in [6.07, 6.45) is 0. The standard InChI is InChI=1S/C19H13N3O5S/c23-17(8-22-13-3-1-2-4-14(13)27-19(22)24)21-18-20-12(9-28-18)11-5-6-15-16(7-11)26-10-25-15/h1-7,9H,8,10H2,(H,20,21,23). The van der Waals surface area contributed by atoms with Crippen molar-refractivity contribution >= 4 is 33.5 Å². The van der Waals surface area contributed by atoms with Gasteiger partial charge in [0.25, 0.3) is 0 Å². The zero-order valence-corrected chi connectivity index (χ0v) is 15.2. The number of aromatic nitrogens is 2. The number of oxazole rings is 1. The number of para-hydroxylation sites is 2. The molecule has 140 valence electrons. The number of ether oxygens (including phenoxy) is 2. The minimum atomic E-state index is -0.573. The van der Waals surface area contributed by atoms with Crippen molar-refractivity contribution in [2.24, 2.45) is 0 Å². The SMILES string of the molecule is O=C(Cn1c(=O)oc2ccccc21)Nc1nc(-c2ccc3c(c2)OCO3)cs1. The molecule has 1 amide bonds. The number of carbonyl (C=O) groups is 1. The third kappa shape index (κ3) is 2.91. The maximum Gasteiger partial charge on any atom is 0.420 e. The van der Waals surface area contributed by atoms with Gasteiger partial charge in [0.2, 0.25) is 12.7 Å². The van der Waals surface area contributed by atoms with Gasteiger partial charge in [-0.05, 0) is 30.3 Å². The topological polar surface area (TPSA) is 95.6 Å². The number of nitrogens with one attached hydrogen (secondary N) is 1. The summed E-state index contributed by atoms with van der Waals surface area (Å²) in [5, 5.41) is 5.01. The number of anilines is 1. The van der Waals surface area contributed by atoms with Gasteiger partial charge in [-0.1, -0.05) is 12.1 Å². The smallest absolute Gasteiger partial charge is 0.420 e. The molecule has 28 heavy (non-hydrogen) atoms. The Kier molecular flexibility index (Phi) is 3.87. The van der Waals surface area contributed by atoms with Crippen LogP contribution in [0.15, 0.2) is 57.1 Å². The fourth-order valence-corrected chi connectivity index (χ4v) is 3.72. The van der Waals surface area contributed by atoms with Crippen LogP contribution in [-0.2, 0) is 11.3 Å². The van der Waals surface area contributed by atoms with Crippen LogP contribution in [0.5, 0.6) is 11.5 Å². The summed E-state index contributed by atoms with van der Waals surface area (Å²) < 4.78 is 17.1. The lowest BCUT2D eigenvalue weighted by Crippen LogP contribution is -2.24. The number of amides is 1. The number of carbonyl (C=O) groups excluding carboxylic acids is 1. The lowest BCUT2D eigenvalue weighted by Gasteiger charge is -2.03. The molecular formula is C19H13N3O5S. The van der Waals surface area contributed by atoms with Crippen LogP contribution in [0.3, 0.4) is 0 Å². The predicted octanol–water partition coefficient (Wildman–Crippen LogP) is 3.09. The highest BCUT2D eigenvalue weighted by Crippen LogP contribution is 2.36. The van der Waals surface area contributed by atoms with Crippen molar-refractivity contribution in [2.45, 2.75) is 6.54 Å². The summed E-state index contributed by atoms with van der Waals surface area (Å²) >= 11 is 1.30. The largest absolute Gasteiger partial charge is 0.454 e. The van der Waals surface area contributed by atoms with Crippen molar-refractivity contribution in [3.05, 3.63) is 58.4 Å². The van der Waals surface area contributed by atoms with Crippen LogP contribution in [0.1, 0.15) is 0 Å². The van der Waals surface area contributed by atoms with Crippen molar-refractivity contribution in [2.75, 3.05) is 12.1 Å². The molecule has 0 spiro atoms. The van der Waals surface area contributed by atoms with E-state index in [9.17, 15) is 9.59 Å². The first-order chi connectivity index (χ1) is 13.7. The van der Waals surface area contributed by atoms with Crippen LogP contribution in [0, 0.1) is 0 Å². The number of rotatable bonds is 4. The van der Waals surface area contributed by atoms with Gasteiger partial charge in [0.15, 0.2) is 22.2 Å². The van der Waals surface area contributed by atoms with Gasteiger partial charge in [0.1, 0.15) is 6.54 Å². The Morgan fingerprint density at radius 2 is 2.04 bits per heavy atom. The van der Waals surface area contributed by atoms with E-state index in [1.54, 1.807) is 24.3 Å². The number of nitrogens with zero attached hydrogens (tertiary/aromatic N) is 2. The summed E-state index contributed by atoms with van der Waals surface area (Å²) in [4.78, 5) is 28.8. The molecule has 5 rings (SSSR count). The Bertz CT molecular complexity index is 1260. The second-order valence-electron chi connectivity index (χ2n) is 6.08. The maximum atomic E-state index is 12.4. The highest BCUT2D eigenvalue weighted by Gasteiger charge is 2.16. The van der Waals surface area contributed by atoms with Gasteiger partial charge >= 0.3 is 5.76 Å². The Balaban J connectivity index is 1.33. The molecule has 1 N–H and O–H groups in total. The third-order valence-electron chi connectivity index (χ3n) is 4.29. The van der Waals surface area contributed by atoms with Crippen molar-refractivity contribution in [3.63, 3.8) is 0 Å². The first kappa shape index (κ1) is 16.6. The van der Waals surface area contributed by atoms with E-state index < -0.39 is 5.76 Å². The van der Waals surface area contributed by atoms with Crippen molar-refractivity contribution in [1.29, 1.82) is 0 Å². The van der Waals surface area contributed by atoms with Gasteiger partial charge in [-0.15, -0.1) is 11.3 Å². The van der Waals surface area contributed by atoms with E-state index in [0.29, 0.717) is 33.4 Å². The van der Waals surface area contributed by atoms with E-state index in [1.807, 2.05) is 23.6 Å². The van der Waals surface area contributed by atoms with E-state index in [0.717, 1.165) is 5.56 Å². The van der Waals surface area contributed by atoms with Crippen LogP contribution in [0.4, 0.5) is 5.13 Å². The molecule has 0 unspecified atom stereocenters. The second kappa shape index (κ2) is 6.54. The second-order valence-corrected chi connectivity index (χ2v) is 6.93. The molecule has 0 aliphatic carbocycles. The highest BCUT2D eigenvalue weighted by molar-refractivity contribution is 7.14. The molecule has 0 atom stereocenters. The van der Waals surface area contributed by atoms with Gasteiger partial charge in [0, 0.05) is 10.9 Å². The van der Waals surface area contributed by atoms with Gasteiger partial charge < -0.3 is 19.2 Å². The zero-order chi connectivity index (χ0) is 19.1. The Morgan fingerprint density at radius 1 is 1.18 bits per heavy atom. The molecule has 2 aromatic heterocycles. The van der Waals surface area contributed by atoms with Crippen LogP contribution < -0.4 is 20.5 Å². The van der Waals surface area contributed by atoms with E-state index in [1.165, 1.54) is 15.9 Å². The van der Waals surface area contributed by atoms with Crippen LogP contribution in [0.2, 0.25) is 0 Å². The lowest BCUT2D eigenvalue weighted by atomic mass is 10.1. The maximum absolute atomic E-state index is 12.4. The average molecular weight is 395 g/mol. The average Bonchev–Trinajstić information content (AvgIpc) is 3.41. The van der Waals surface area contributed by atoms with E-state index in [4.69, 9.17) is 13.9 Å². The first-order valence-electron chi connectivity index (χ1n) is 8.41. The Labute approximate surface area is 162 Å². The molecule has 4 aromatic rings. The quantitative estimate of drug-likeness (QED) is 0.571. The number of hydrogen-bond acceptors (Lipinski definition) is 7. The Morgan fingerprint density at radius 3 is 2.96 bits per heavy atom. The molecule has 3 heterocycles. The van der Waals surface area contributed by atoms with E-state index in [-0.39, 0.29) is 19.2 Å². The fourth-order valence-electron chi connectivity index (χ4n) is 2.99. The van der Waals surface area contributed by atoms with Crippen LogP contribution >= 0.6 is 11.3 Å². The number of thiazole rings is 1. The predicted molar refractivity (Wildman–Crippen MR) is 103 cm³/mol. The summed E-state index contributed by atoms with van der Waals surface area (Å²) in [5.41, 5.74) is 2.59. The monoisotopic (exact) mass is 395 g/mol. The van der Waals surface area contributed by atoms with Crippen molar-refractivity contribution in [1.82, 2.24) is 9.55 Å². The minimum absolute atomic E-state index is 0.158. The molecule has 0 bridgehead atoms. The number of fused-ring (bicyclic) bond motifs is 2. The summed E-state index contributed by atoms with van der Waals surface area (Å²) in [6.45, 7) is 0.0496. The molecule has 0 fully saturated rings. The highest BCUT2D eigenvalue weighted by atomic mass is 32.1. The molecule has 0 radical (unpaired) electrons. The number of hydrogen-bond donors (Lipinski definition) is 1. The molecule has 0 saturated heterocycles. The Hall–Kier alpha value is -3.59. The van der Waals surface area contributed by atoms with Crippen LogP contribution in [0.25, 0.3) is 22.4 Å². The first-order valence-corrected chi connectivity index (χ1v) is 9.29. The summed E-state index contributed by atoms with van der Waals surface area (Å²) in [7, 11) is 0. The lowest BCUT2D eigenvalue weighted by molar-refractivity contribution is -0.116. The number of benzene rings is 2. The third-order valence-corrected chi connectivity index (χ3v) is 5.05. The van der Waals surface area contributed by atoms with Crippen molar-refractivity contribution in [3.8, 4) is 22.8 Å². The summed E-state index contributed by atoms with van der Waals surface area (Å²) in [6, 6.07) is 12.5. The molecule has 0 saturated carbocycles. The molecule has 8 nitrogen and oxygen atoms in total. The summed E-state index contributed by atoms with van der Waals surface area (Å²) in [5.74, 6) is 0.435. The van der Waals surface area contributed by atoms with E-state index >= 15 is 0 Å². The normalized spacial score (nSPS) is 12.4. The fraction of sp³-hybridized carbons (Fsp3) is 0.105. The molecule has 2 aromatic carbocycles. The minimum Gasteiger partial charge on any atom is -0.454 e. The molecule has 9 heteroatoms. The van der Waals surface area contributed by atoms with E-state index in [2.05, 4.69) is 10.3 Å². The molecular weight excluding hydrogens is 382 g/mol. The van der Waals surface area contributed by atoms with Gasteiger partial charge in [-0.25, -0.2) is 9.78 Å². The van der Waals surface area contributed by atoms with Crippen molar-refractivity contribution < 1.29 is 18.7 Å². The zero-order valence-electron chi connectivity index (χ0n) is 14.4. The molecule has 1 aliphatic rings. The van der Waals surface area contributed by atoms with Gasteiger partial charge in [-0.3, -0.25) is 9.36 Å². The van der Waals surface area contributed by atoms with Gasteiger partial charge in [-0.2, -0.15) is 0 Å². The molecule has 1 aliphatic heterocycles. The van der Waals surface area contributed by atoms with Crippen LogP contribution in [-0.4, -0.2) is 22.3 Å². The van der Waals surface area contributed by atoms with Gasteiger partial charge in [0.05, 0.1) is 11.2 Å².